The Hall–Kier alpha value is -2.27. The lowest BCUT2D eigenvalue weighted by Crippen LogP contribution is -1.87. The minimum Gasteiger partial charge on any atom is -0.356 e. The summed E-state index contributed by atoms with van der Waals surface area (Å²) in [7, 11) is -1.02. The first-order chi connectivity index (χ1) is 10.1. The van der Waals surface area contributed by atoms with Gasteiger partial charge in [-0.15, -0.1) is 0 Å². The first-order valence-corrected chi connectivity index (χ1v) is 7.85. The molecule has 0 amide bonds. The van der Waals surface area contributed by atoms with Crippen molar-refractivity contribution in [3.63, 3.8) is 0 Å². The molecule has 0 bridgehead atoms. The van der Waals surface area contributed by atoms with E-state index in [-0.39, 0.29) is 5.82 Å². The van der Waals surface area contributed by atoms with Crippen molar-refractivity contribution in [3.05, 3.63) is 60.5 Å². The van der Waals surface area contributed by atoms with Gasteiger partial charge in [-0.2, -0.15) is 0 Å². The van der Waals surface area contributed by atoms with Crippen molar-refractivity contribution in [1.29, 1.82) is 0 Å². The first-order valence-electron chi connectivity index (χ1n) is 6.29. The molecule has 21 heavy (non-hydrogen) atoms. The lowest BCUT2D eigenvalue weighted by Gasteiger charge is -2.03. The fraction of sp³-hybridized carbons (Fsp3) is 0.0625. The second-order valence-corrected chi connectivity index (χ2v) is 5.93. The highest BCUT2D eigenvalue weighted by molar-refractivity contribution is 7.84. The molecule has 106 valence electrons. The summed E-state index contributed by atoms with van der Waals surface area (Å²) in [5, 5.41) is 3.83. The van der Waals surface area contributed by atoms with Crippen LogP contribution in [0.3, 0.4) is 0 Å². The zero-order valence-electron chi connectivity index (χ0n) is 11.2. The third-order valence-electron chi connectivity index (χ3n) is 3.17. The minimum absolute atomic E-state index is 0.286. The average molecular weight is 301 g/mol. The van der Waals surface area contributed by atoms with Crippen LogP contribution in [0.4, 0.5) is 4.39 Å². The van der Waals surface area contributed by atoms with E-state index < -0.39 is 10.8 Å². The molecule has 3 aromatic rings. The summed E-state index contributed by atoms with van der Waals surface area (Å²) in [5.74, 6) is 0.321. The molecule has 3 rings (SSSR count). The number of benzene rings is 2. The molecule has 1 unspecified atom stereocenters. The van der Waals surface area contributed by atoms with Crippen LogP contribution in [0.2, 0.25) is 0 Å². The molecule has 1 aromatic heterocycles. The molecule has 0 aliphatic carbocycles. The van der Waals surface area contributed by atoms with Crippen LogP contribution >= 0.6 is 0 Å². The summed E-state index contributed by atoms with van der Waals surface area (Å²) < 4.78 is 29.7. The van der Waals surface area contributed by atoms with Gasteiger partial charge in [0, 0.05) is 33.1 Å². The van der Waals surface area contributed by atoms with Crippen LogP contribution in [-0.4, -0.2) is 15.6 Å². The van der Waals surface area contributed by atoms with E-state index in [1.54, 1.807) is 36.7 Å². The molecular weight excluding hydrogens is 289 g/mol. The molecule has 0 N–H and O–H groups in total. The molecule has 0 spiro atoms. The Morgan fingerprint density at radius 2 is 1.62 bits per heavy atom. The predicted molar refractivity (Wildman–Crippen MR) is 79.7 cm³/mol. The van der Waals surface area contributed by atoms with E-state index in [2.05, 4.69) is 5.16 Å². The highest BCUT2D eigenvalue weighted by atomic mass is 32.2. The van der Waals surface area contributed by atoms with Gasteiger partial charge in [-0.1, -0.05) is 17.3 Å². The van der Waals surface area contributed by atoms with Crippen molar-refractivity contribution >= 4 is 10.8 Å². The zero-order chi connectivity index (χ0) is 14.8. The van der Waals surface area contributed by atoms with Crippen molar-refractivity contribution < 1.29 is 13.1 Å². The van der Waals surface area contributed by atoms with Crippen LogP contribution in [0.15, 0.2) is 64.1 Å². The third kappa shape index (κ3) is 2.78. The van der Waals surface area contributed by atoms with Crippen LogP contribution in [-0.2, 0) is 10.8 Å². The highest BCUT2D eigenvalue weighted by Crippen LogP contribution is 2.32. The van der Waals surface area contributed by atoms with Crippen LogP contribution in [0.25, 0.3) is 22.5 Å². The van der Waals surface area contributed by atoms with Crippen molar-refractivity contribution in [2.75, 3.05) is 6.26 Å². The summed E-state index contributed by atoms with van der Waals surface area (Å²) in [4.78, 5) is 0.751. The van der Waals surface area contributed by atoms with E-state index in [4.69, 9.17) is 4.52 Å². The maximum atomic E-state index is 13.0. The van der Waals surface area contributed by atoms with Crippen molar-refractivity contribution in [1.82, 2.24) is 5.16 Å². The molecule has 2 aromatic carbocycles. The predicted octanol–water partition coefficient (Wildman–Crippen LogP) is 3.89. The van der Waals surface area contributed by atoms with Gasteiger partial charge in [0.1, 0.15) is 5.82 Å². The van der Waals surface area contributed by atoms with Crippen LogP contribution in [0.5, 0.6) is 0 Å². The van der Waals surface area contributed by atoms with E-state index in [9.17, 15) is 8.60 Å². The summed E-state index contributed by atoms with van der Waals surface area (Å²) in [6.07, 6.45) is 3.24. The van der Waals surface area contributed by atoms with Crippen molar-refractivity contribution in [2.24, 2.45) is 0 Å². The summed E-state index contributed by atoms with van der Waals surface area (Å²) in [5.41, 5.74) is 2.46. The molecule has 3 nitrogen and oxygen atoms in total. The standard InChI is InChI=1S/C16H12FNO2S/c1-21(19)14-8-4-12(5-9-14)16-15(10-18-20-16)11-2-6-13(17)7-3-11/h2-10H,1H3. The van der Waals surface area contributed by atoms with Crippen LogP contribution in [0.1, 0.15) is 0 Å². The molecule has 0 aliphatic rings. The summed E-state index contributed by atoms with van der Waals surface area (Å²) >= 11 is 0. The second kappa shape index (κ2) is 5.61. The number of halogens is 1. The summed E-state index contributed by atoms with van der Waals surface area (Å²) in [6.45, 7) is 0. The number of hydrogen-bond acceptors (Lipinski definition) is 3. The Morgan fingerprint density at radius 3 is 2.24 bits per heavy atom. The molecule has 0 aliphatic heterocycles. The maximum Gasteiger partial charge on any atom is 0.174 e. The van der Waals surface area contributed by atoms with E-state index in [0.717, 1.165) is 21.6 Å². The molecule has 0 saturated carbocycles. The normalized spacial score (nSPS) is 12.3. The van der Waals surface area contributed by atoms with Gasteiger partial charge < -0.3 is 4.52 Å². The average Bonchev–Trinajstić information content (AvgIpc) is 2.97. The largest absolute Gasteiger partial charge is 0.356 e. The van der Waals surface area contributed by atoms with Gasteiger partial charge in [0.2, 0.25) is 0 Å². The van der Waals surface area contributed by atoms with E-state index in [0.29, 0.717) is 5.76 Å². The molecule has 0 fully saturated rings. The Kier molecular flexibility index (Phi) is 3.66. The molecule has 0 saturated heterocycles. The molecule has 5 heteroatoms. The Balaban J connectivity index is 2.02. The Bertz CT molecular complexity index is 779. The molecular formula is C16H12FNO2S. The zero-order valence-corrected chi connectivity index (χ0v) is 12.1. The lowest BCUT2D eigenvalue weighted by atomic mass is 10.0. The maximum absolute atomic E-state index is 13.0. The van der Waals surface area contributed by atoms with E-state index >= 15 is 0 Å². The number of aromatic nitrogens is 1. The number of hydrogen-bond donors (Lipinski definition) is 0. The highest BCUT2D eigenvalue weighted by Gasteiger charge is 2.13. The molecule has 0 radical (unpaired) electrons. The molecule has 1 atom stereocenters. The van der Waals surface area contributed by atoms with Crippen LogP contribution < -0.4 is 0 Å². The minimum atomic E-state index is -1.02. The van der Waals surface area contributed by atoms with Crippen molar-refractivity contribution in [2.45, 2.75) is 4.90 Å². The fourth-order valence-corrected chi connectivity index (χ4v) is 2.60. The van der Waals surface area contributed by atoms with Gasteiger partial charge in [0.15, 0.2) is 5.76 Å². The van der Waals surface area contributed by atoms with Gasteiger partial charge in [0.25, 0.3) is 0 Å². The topological polar surface area (TPSA) is 43.1 Å². The smallest absolute Gasteiger partial charge is 0.174 e. The second-order valence-electron chi connectivity index (χ2n) is 4.55. The van der Waals surface area contributed by atoms with Gasteiger partial charge in [-0.25, -0.2) is 4.39 Å². The van der Waals surface area contributed by atoms with E-state index in [1.165, 1.54) is 12.1 Å². The lowest BCUT2D eigenvalue weighted by molar-refractivity contribution is 0.432. The fourth-order valence-electron chi connectivity index (χ4n) is 2.08. The quantitative estimate of drug-likeness (QED) is 0.737. The first kappa shape index (κ1) is 13.7. The summed E-state index contributed by atoms with van der Waals surface area (Å²) in [6, 6.07) is 13.4. The van der Waals surface area contributed by atoms with Gasteiger partial charge in [-0.3, -0.25) is 4.21 Å². The van der Waals surface area contributed by atoms with Gasteiger partial charge in [0.05, 0.1) is 6.20 Å². The van der Waals surface area contributed by atoms with Gasteiger partial charge in [-0.05, 0) is 42.0 Å². The van der Waals surface area contributed by atoms with Gasteiger partial charge >= 0.3 is 0 Å². The SMILES string of the molecule is CS(=O)c1ccc(-c2oncc2-c2ccc(F)cc2)cc1. The molecule has 1 heterocycles. The van der Waals surface area contributed by atoms with E-state index in [1.807, 2.05) is 12.1 Å². The van der Waals surface area contributed by atoms with Crippen LogP contribution in [0, 0.1) is 5.82 Å². The number of nitrogens with zero attached hydrogens (tertiary/aromatic N) is 1. The number of rotatable bonds is 3. The Morgan fingerprint density at radius 1 is 1.00 bits per heavy atom. The third-order valence-corrected chi connectivity index (χ3v) is 4.11. The van der Waals surface area contributed by atoms with Crippen molar-refractivity contribution in [3.8, 4) is 22.5 Å². The monoisotopic (exact) mass is 301 g/mol. The Labute approximate surface area is 123 Å².